The van der Waals surface area contributed by atoms with Crippen LogP contribution in [0, 0.1) is 5.82 Å². The monoisotopic (exact) mass is 364 g/mol. The van der Waals surface area contributed by atoms with Crippen LogP contribution in [0.2, 0.25) is 0 Å². The zero-order valence-electron chi connectivity index (χ0n) is 15.7. The van der Waals surface area contributed by atoms with Gasteiger partial charge >= 0.3 is 0 Å². The third-order valence-corrected chi connectivity index (χ3v) is 4.98. The molecule has 6 heteroatoms. The first-order chi connectivity index (χ1) is 12.5. The number of anilines is 1. The van der Waals surface area contributed by atoms with Gasteiger partial charge in [-0.05, 0) is 50.8 Å². The molecule has 2 heterocycles. The number of carbonyl (C=O) groups excluding carboxylic acids is 1. The minimum atomic E-state index is -0.252. The largest absolute Gasteiger partial charge is 0.378 e. The van der Waals surface area contributed by atoms with E-state index in [1.807, 2.05) is 24.8 Å². The second kappa shape index (κ2) is 8.82. The highest BCUT2D eigenvalue weighted by Crippen LogP contribution is 2.24. The molecule has 26 heavy (non-hydrogen) atoms. The van der Waals surface area contributed by atoms with E-state index < -0.39 is 0 Å². The van der Waals surface area contributed by atoms with E-state index in [1.165, 1.54) is 6.07 Å². The van der Waals surface area contributed by atoms with E-state index in [0.717, 1.165) is 31.4 Å². The van der Waals surface area contributed by atoms with E-state index >= 15 is 0 Å². The Morgan fingerprint density at radius 3 is 2.73 bits per heavy atom. The van der Waals surface area contributed by atoms with Crippen molar-refractivity contribution in [3.63, 3.8) is 0 Å². The smallest absolute Gasteiger partial charge is 0.220 e. The molecule has 2 fully saturated rings. The maximum absolute atomic E-state index is 14.6. The van der Waals surface area contributed by atoms with E-state index in [4.69, 9.17) is 9.47 Å². The van der Waals surface area contributed by atoms with Crippen molar-refractivity contribution in [3.8, 4) is 0 Å². The summed E-state index contributed by atoms with van der Waals surface area (Å²) in [5, 5.41) is 2.87. The molecule has 0 spiro atoms. The lowest BCUT2D eigenvalue weighted by Gasteiger charge is -2.37. The van der Waals surface area contributed by atoms with Crippen LogP contribution in [0.3, 0.4) is 0 Å². The minimum absolute atomic E-state index is 0.0131. The Bertz CT molecular complexity index is 609. The summed E-state index contributed by atoms with van der Waals surface area (Å²) in [6.45, 7) is 6.51. The summed E-state index contributed by atoms with van der Waals surface area (Å²) in [4.78, 5) is 14.0. The summed E-state index contributed by atoms with van der Waals surface area (Å²) in [5.41, 5.74) is 1.37. The topological polar surface area (TPSA) is 50.8 Å². The molecule has 0 aliphatic carbocycles. The Morgan fingerprint density at radius 1 is 1.31 bits per heavy atom. The van der Waals surface area contributed by atoms with Gasteiger partial charge in [0.15, 0.2) is 0 Å². The molecule has 0 aromatic heterocycles. The fraction of sp³-hybridized carbons (Fsp3) is 0.650. The molecule has 2 saturated heterocycles. The van der Waals surface area contributed by atoms with Crippen molar-refractivity contribution in [1.82, 2.24) is 5.32 Å². The molecule has 3 atom stereocenters. The van der Waals surface area contributed by atoms with Crippen LogP contribution in [0.5, 0.6) is 0 Å². The lowest BCUT2D eigenvalue weighted by atomic mass is 10.1. The van der Waals surface area contributed by atoms with Crippen LogP contribution >= 0.6 is 0 Å². The molecular weight excluding hydrogens is 335 g/mol. The van der Waals surface area contributed by atoms with Crippen molar-refractivity contribution in [2.24, 2.45) is 0 Å². The Kier molecular flexibility index (Phi) is 6.48. The zero-order chi connectivity index (χ0) is 18.5. The number of morpholine rings is 1. The standard InChI is InChI=1S/C20H29FN2O3/c1-14-12-23(13-15(2)26-14)19-7-5-16(10-18(19)21)11-22-20(24)8-6-17-4-3-9-25-17/h5,7,10,14-15,17H,3-4,6,8-9,11-13H2,1-2H3,(H,22,24)/t14-,15+,17-/m0/s1. The summed E-state index contributed by atoms with van der Waals surface area (Å²) in [6, 6.07) is 5.19. The highest BCUT2D eigenvalue weighted by atomic mass is 19.1. The summed E-state index contributed by atoms with van der Waals surface area (Å²) >= 11 is 0. The molecule has 2 aliphatic rings. The van der Waals surface area contributed by atoms with E-state index in [0.29, 0.717) is 31.7 Å². The van der Waals surface area contributed by atoms with E-state index in [9.17, 15) is 9.18 Å². The molecule has 1 amide bonds. The Balaban J connectivity index is 1.50. The first kappa shape index (κ1) is 19.1. The van der Waals surface area contributed by atoms with Crippen molar-refractivity contribution >= 4 is 11.6 Å². The van der Waals surface area contributed by atoms with Gasteiger partial charge in [0.2, 0.25) is 5.91 Å². The van der Waals surface area contributed by atoms with Gasteiger partial charge in [-0.2, -0.15) is 0 Å². The van der Waals surface area contributed by atoms with Crippen LogP contribution in [-0.2, 0) is 20.8 Å². The zero-order valence-corrected chi connectivity index (χ0v) is 15.7. The molecule has 2 aliphatic heterocycles. The molecule has 0 bridgehead atoms. The van der Waals surface area contributed by atoms with Crippen LogP contribution < -0.4 is 10.2 Å². The van der Waals surface area contributed by atoms with E-state index in [-0.39, 0.29) is 30.0 Å². The van der Waals surface area contributed by atoms with Crippen molar-refractivity contribution in [3.05, 3.63) is 29.6 Å². The third-order valence-electron chi connectivity index (χ3n) is 4.98. The normalized spacial score (nSPS) is 26.1. The molecule has 0 unspecified atom stereocenters. The van der Waals surface area contributed by atoms with Gasteiger partial charge in [0, 0.05) is 32.7 Å². The predicted molar refractivity (Wildman–Crippen MR) is 98.7 cm³/mol. The molecule has 0 radical (unpaired) electrons. The van der Waals surface area contributed by atoms with Crippen LogP contribution in [0.15, 0.2) is 18.2 Å². The Labute approximate surface area is 154 Å². The molecule has 1 N–H and O–H groups in total. The summed E-state index contributed by atoms with van der Waals surface area (Å²) < 4.78 is 25.8. The fourth-order valence-electron chi connectivity index (χ4n) is 3.74. The van der Waals surface area contributed by atoms with Crippen molar-refractivity contribution < 1.29 is 18.7 Å². The SMILES string of the molecule is C[C@@H]1CN(c2ccc(CNC(=O)CC[C@@H]3CCCO3)cc2F)C[C@H](C)O1. The van der Waals surface area contributed by atoms with Crippen LogP contribution in [0.4, 0.5) is 10.1 Å². The van der Waals surface area contributed by atoms with Gasteiger partial charge in [-0.3, -0.25) is 4.79 Å². The van der Waals surface area contributed by atoms with E-state index in [1.54, 1.807) is 6.07 Å². The van der Waals surface area contributed by atoms with Gasteiger partial charge in [0.1, 0.15) is 5.82 Å². The fourth-order valence-corrected chi connectivity index (χ4v) is 3.74. The second-order valence-electron chi connectivity index (χ2n) is 7.40. The van der Waals surface area contributed by atoms with Crippen LogP contribution in [-0.4, -0.2) is 43.9 Å². The average molecular weight is 364 g/mol. The molecule has 0 saturated carbocycles. The Hall–Kier alpha value is -1.66. The molecule has 5 nitrogen and oxygen atoms in total. The number of nitrogens with one attached hydrogen (secondary N) is 1. The lowest BCUT2D eigenvalue weighted by molar-refractivity contribution is -0.121. The molecular formula is C20H29FN2O3. The number of hydrogen-bond acceptors (Lipinski definition) is 4. The number of amides is 1. The van der Waals surface area contributed by atoms with Crippen molar-refractivity contribution in [1.29, 1.82) is 0 Å². The van der Waals surface area contributed by atoms with E-state index in [2.05, 4.69) is 5.32 Å². The van der Waals surface area contributed by atoms with Gasteiger partial charge < -0.3 is 19.7 Å². The lowest BCUT2D eigenvalue weighted by Crippen LogP contribution is -2.45. The molecule has 1 aromatic carbocycles. The van der Waals surface area contributed by atoms with Gasteiger partial charge in [-0.15, -0.1) is 0 Å². The third kappa shape index (κ3) is 5.17. The molecule has 1 aromatic rings. The number of ether oxygens (including phenoxy) is 2. The Morgan fingerprint density at radius 2 is 2.08 bits per heavy atom. The maximum atomic E-state index is 14.6. The summed E-state index contributed by atoms with van der Waals surface area (Å²) in [7, 11) is 0. The number of halogens is 1. The highest BCUT2D eigenvalue weighted by molar-refractivity contribution is 5.75. The molecule has 144 valence electrons. The quantitative estimate of drug-likeness (QED) is 0.843. The first-order valence-corrected chi connectivity index (χ1v) is 9.58. The van der Waals surface area contributed by atoms with Crippen molar-refractivity contribution in [2.45, 2.75) is 64.4 Å². The van der Waals surface area contributed by atoms with Crippen molar-refractivity contribution in [2.75, 3.05) is 24.6 Å². The van der Waals surface area contributed by atoms with Gasteiger partial charge in [-0.25, -0.2) is 4.39 Å². The number of hydrogen-bond donors (Lipinski definition) is 1. The average Bonchev–Trinajstić information content (AvgIpc) is 3.11. The predicted octanol–water partition coefficient (Wildman–Crippen LogP) is 3.01. The van der Waals surface area contributed by atoms with Crippen LogP contribution in [0.25, 0.3) is 0 Å². The number of benzene rings is 1. The van der Waals surface area contributed by atoms with Crippen LogP contribution in [0.1, 0.15) is 45.1 Å². The summed E-state index contributed by atoms with van der Waals surface area (Å²) in [5.74, 6) is -0.266. The maximum Gasteiger partial charge on any atom is 0.220 e. The molecule has 3 rings (SSSR count). The minimum Gasteiger partial charge on any atom is -0.378 e. The number of nitrogens with zero attached hydrogens (tertiary/aromatic N) is 1. The second-order valence-corrected chi connectivity index (χ2v) is 7.40. The van der Waals surface area contributed by atoms with Gasteiger partial charge in [0.25, 0.3) is 0 Å². The van der Waals surface area contributed by atoms with Gasteiger partial charge in [-0.1, -0.05) is 6.07 Å². The highest BCUT2D eigenvalue weighted by Gasteiger charge is 2.24. The summed E-state index contributed by atoms with van der Waals surface area (Å²) in [6.07, 6.45) is 3.72. The number of carbonyl (C=O) groups is 1. The number of rotatable bonds is 6. The van der Waals surface area contributed by atoms with Gasteiger partial charge in [0.05, 0.1) is 24.0 Å². The first-order valence-electron chi connectivity index (χ1n) is 9.58.